The molecule has 0 bridgehead atoms. The number of benzene rings is 2. The van der Waals surface area contributed by atoms with Crippen molar-refractivity contribution in [3.63, 3.8) is 0 Å². The SMILES string of the molecule is C=C[C@@H](c1ccccc1)[C@](C)(C=O)c1ccc(Cl)cc1. The predicted molar refractivity (Wildman–Crippen MR) is 84.2 cm³/mol. The van der Waals surface area contributed by atoms with E-state index in [1.54, 1.807) is 0 Å². The second-order valence-electron chi connectivity index (χ2n) is 5.03. The highest BCUT2D eigenvalue weighted by Crippen LogP contribution is 2.38. The minimum Gasteiger partial charge on any atom is -0.302 e. The average Bonchev–Trinajstić information content (AvgIpc) is 2.49. The van der Waals surface area contributed by atoms with Crippen LogP contribution >= 0.6 is 11.6 Å². The Labute approximate surface area is 124 Å². The summed E-state index contributed by atoms with van der Waals surface area (Å²) in [5, 5.41) is 0.664. The van der Waals surface area contributed by atoms with E-state index in [4.69, 9.17) is 11.6 Å². The first-order valence-corrected chi connectivity index (χ1v) is 6.89. The summed E-state index contributed by atoms with van der Waals surface area (Å²) >= 11 is 5.93. The molecule has 1 nitrogen and oxygen atoms in total. The van der Waals surface area contributed by atoms with Crippen LogP contribution in [0.25, 0.3) is 0 Å². The summed E-state index contributed by atoms with van der Waals surface area (Å²) in [5.41, 5.74) is 1.35. The molecule has 0 saturated heterocycles. The summed E-state index contributed by atoms with van der Waals surface area (Å²) in [5.74, 6) is -0.0811. The van der Waals surface area contributed by atoms with Crippen molar-refractivity contribution in [2.45, 2.75) is 18.3 Å². The van der Waals surface area contributed by atoms with Crippen molar-refractivity contribution >= 4 is 17.9 Å². The molecule has 20 heavy (non-hydrogen) atoms. The van der Waals surface area contributed by atoms with E-state index in [0.29, 0.717) is 5.02 Å². The number of hydrogen-bond donors (Lipinski definition) is 0. The lowest BCUT2D eigenvalue weighted by Gasteiger charge is -2.32. The Kier molecular flexibility index (Phi) is 4.41. The Balaban J connectivity index is 2.50. The molecule has 0 aliphatic carbocycles. The maximum absolute atomic E-state index is 11.8. The van der Waals surface area contributed by atoms with Crippen LogP contribution in [0.2, 0.25) is 5.02 Å². The fraction of sp³-hybridized carbons (Fsp3) is 0.167. The van der Waals surface area contributed by atoms with Crippen molar-refractivity contribution in [2.24, 2.45) is 0 Å². The van der Waals surface area contributed by atoms with E-state index in [1.807, 2.05) is 67.6 Å². The summed E-state index contributed by atoms with van der Waals surface area (Å²) in [6, 6.07) is 17.4. The number of allylic oxidation sites excluding steroid dienone is 1. The normalized spacial score (nSPS) is 15.1. The molecule has 2 aromatic carbocycles. The second kappa shape index (κ2) is 6.06. The first-order valence-electron chi connectivity index (χ1n) is 6.51. The van der Waals surface area contributed by atoms with Crippen LogP contribution in [0.3, 0.4) is 0 Å². The van der Waals surface area contributed by atoms with Gasteiger partial charge in [-0.15, -0.1) is 6.58 Å². The third kappa shape index (κ3) is 2.68. The first-order chi connectivity index (χ1) is 9.61. The summed E-state index contributed by atoms with van der Waals surface area (Å²) in [4.78, 5) is 11.8. The van der Waals surface area contributed by atoms with Crippen LogP contribution in [0.5, 0.6) is 0 Å². The van der Waals surface area contributed by atoms with Gasteiger partial charge in [0, 0.05) is 10.9 Å². The molecule has 2 heteroatoms. The van der Waals surface area contributed by atoms with E-state index in [9.17, 15) is 4.79 Å². The van der Waals surface area contributed by atoms with Crippen LogP contribution < -0.4 is 0 Å². The van der Waals surface area contributed by atoms with Crippen molar-refractivity contribution in [3.05, 3.63) is 83.4 Å². The number of carbonyl (C=O) groups excluding carboxylic acids is 1. The molecular weight excluding hydrogens is 268 g/mol. The molecule has 0 fully saturated rings. The smallest absolute Gasteiger partial charge is 0.131 e. The maximum atomic E-state index is 11.8. The van der Waals surface area contributed by atoms with Gasteiger partial charge in [-0.3, -0.25) is 0 Å². The zero-order valence-corrected chi connectivity index (χ0v) is 12.2. The van der Waals surface area contributed by atoms with Crippen molar-refractivity contribution < 1.29 is 4.79 Å². The lowest BCUT2D eigenvalue weighted by atomic mass is 9.70. The Morgan fingerprint density at radius 3 is 2.20 bits per heavy atom. The van der Waals surface area contributed by atoms with E-state index < -0.39 is 5.41 Å². The summed E-state index contributed by atoms with van der Waals surface area (Å²) in [6.45, 7) is 5.84. The van der Waals surface area contributed by atoms with Crippen molar-refractivity contribution in [1.82, 2.24) is 0 Å². The van der Waals surface area contributed by atoms with Crippen LogP contribution in [-0.4, -0.2) is 6.29 Å². The standard InChI is InChI=1S/C18H17ClO/c1-3-17(14-7-5-4-6-8-14)18(2,13-20)15-9-11-16(19)12-10-15/h3-13,17H,1H2,2H3/t17-,18+/m0/s1. The van der Waals surface area contributed by atoms with Crippen molar-refractivity contribution in [2.75, 3.05) is 0 Å². The van der Waals surface area contributed by atoms with Gasteiger partial charge in [-0.1, -0.05) is 60.1 Å². The molecule has 0 amide bonds. The van der Waals surface area contributed by atoms with Gasteiger partial charge < -0.3 is 4.79 Å². The van der Waals surface area contributed by atoms with E-state index in [1.165, 1.54) is 0 Å². The van der Waals surface area contributed by atoms with Gasteiger partial charge in [0.05, 0.1) is 5.41 Å². The molecule has 0 saturated carbocycles. The molecule has 0 radical (unpaired) electrons. The van der Waals surface area contributed by atoms with Crippen LogP contribution in [0.4, 0.5) is 0 Å². The van der Waals surface area contributed by atoms with Crippen molar-refractivity contribution in [3.8, 4) is 0 Å². The van der Waals surface area contributed by atoms with E-state index in [2.05, 4.69) is 6.58 Å². The number of carbonyl (C=O) groups is 1. The molecule has 0 heterocycles. The van der Waals surface area contributed by atoms with Crippen molar-refractivity contribution in [1.29, 1.82) is 0 Å². The zero-order chi connectivity index (χ0) is 14.6. The predicted octanol–water partition coefficient (Wildman–Crippen LogP) is 4.77. The highest BCUT2D eigenvalue weighted by molar-refractivity contribution is 6.30. The maximum Gasteiger partial charge on any atom is 0.131 e. The highest BCUT2D eigenvalue weighted by Gasteiger charge is 2.35. The third-order valence-electron chi connectivity index (χ3n) is 3.75. The third-order valence-corrected chi connectivity index (χ3v) is 4.00. The van der Waals surface area contributed by atoms with Crippen LogP contribution in [0.1, 0.15) is 24.0 Å². The monoisotopic (exact) mass is 284 g/mol. The Morgan fingerprint density at radius 1 is 1.10 bits per heavy atom. The molecule has 0 N–H and O–H groups in total. The lowest BCUT2D eigenvalue weighted by Crippen LogP contribution is -2.31. The number of rotatable bonds is 5. The first kappa shape index (κ1) is 14.5. The molecule has 2 rings (SSSR count). The summed E-state index contributed by atoms with van der Waals surface area (Å²) < 4.78 is 0. The highest BCUT2D eigenvalue weighted by atomic mass is 35.5. The number of aldehydes is 1. The molecule has 0 aliphatic heterocycles. The lowest BCUT2D eigenvalue weighted by molar-refractivity contribution is -0.112. The molecule has 2 aromatic rings. The quantitative estimate of drug-likeness (QED) is 0.571. The number of halogens is 1. The summed E-state index contributed by atoms with van der Waals surface area (Å²) in [7, 11) is 0. The fourth-order valence-electron chi connectivity index (χ4n) is 2.52. The Morgan fingerprint density at radius 2 is 1.70 bits per heavy atom. The summed E-state index contributed by atoms with van der Waals surface area (Å²) in [6.07, 6.45) is 2.83. The topological polar surface area (TPSA) is 17.1 Å². The molecule has 0 aromatic heterocycles. The van der Waals surface area contributed by atoms with Gasteiger partial charge in [-0.05, 0) is 30.2 Å². The van der Waals surface area contributed by atoms with E-state index in [0.717, 1.165) is 17.4 Å². The van der Waals surface area contributed by atoms with Gasteiger partial charge in [0.25, 0.3) is 0 Å². The minimum absolute atomic E-state index is 0.0811. The van der Waals surface area contributed by atoms with Gasteiger partial charge in [0.1, 0.15) is 6.29 Å². The van der Waals surface area contributed by atoms with Gasteiger partial charge in [-0.2, -0.15) is 0 Å². The van der Waals surface area contributed by atoms with Crippen LogP contribution in [0.15, 0.2) is 67.3 Å². The molecular formula is C18H17ClO. The largest absolute Gasteiger partial charge is 0.302 e. The van der Waals surface area contributed by atoms with Crippen LogP contribution in [0, 0.1) is 0 Å². The van der Waals surface area contributed by atoms with E-state index in [-0.39, 0.29) is 5.92 Å². The Hall–Kier alpha value is -1.86. The molecule has 0 spiro atoms. The Bertz CT molecular complexity index is 589. The second-order valence-corrected chi connectivity index (χ2v) is 5.47. The molecule has 102 valence electrons. The molecule has 0 aliphatic rings. The molecule has 2 atom stereocenters. The fourth-order valence-corrected chi connectivity index (χ4v) is 2.64. The van der Waals surface area contributed by atoms with Gasteiger partial charge >= 0.3 is 0 Å². The zero-order valence-electron chi connectivity index (χ0n) is 11.4. The van der Waals surface area contributed by atoms with Gasteiger partial charge in [-0.25, -0.2) is 0 Å². The van der Waals surface area contributed by atoms with Gasteiger partial charge in [0.2, 0.25) is 0 Å². The average molecular weight is 285 g/mol. The van der Waals surface area contributed by atoms with Crippen LogP contribution in [-0.2, 0) is 10.2 Å². The van der Waals surface area contributed by atoms with E-state index >= 15 is 0 Å². The molecule has 0 unspecified atom stereocenters. The van der Waals surface area contributed by atoms with Gasteiger partial charge in [0.15, 0.2) is 0 Å². The minimum atomic E-state index is -0.659. The number of hydrogen-bond acceptors (Lipinski definition) is 1.